The summed E-state index contributed by atoms with van der Waals surface area (Å²) in [6.07, 6.45) is 0. The zero-order valence-corrected chi connectivity index (χ0v) is 14.4. The molecule has 3 rings (SSSR count). The van der Waals surface area contributed by atoms with Crippen molar-refractivity contribution in [3.05, 3.63) is 53.0 Å². The lowest BCUT2D eigenvalue weighted by molar-refractivity contribution is -0.121. The van der Waals surface area contributed by atoms with Crippen LogP contribution in [0.25, 0.3) is 0 Å². The number of furan rings is 1. The molecule has 1 aromatic carbocycles. The van der Waals surface area contributed by atoms with Crippen molar-refractivity contribution in [3.63, 3.8) is 0 Å². The van der Waals surface area contributed by atoms with Crippen molar-refractivity contribution in [2.24, 2.45) is 0 Å². The first-order valence-corrected chi connectivity index (χ1v) is 8.10. The first-order valence-electron chi connectivity index (χ1n) is 8.10. The number of aryl methyl sites for hydroxylation is 2. The second kappa shape index (κ2) is 6.44. The lowest BCUT2D eigenvalue weighted by Crippen LogP contribution is -2.57. The van der Waals surface area contributed by atoms with Gasteiger partial charge in [-0.15, -0.1) is 0 Å². The molecule has 128 valence electrons. The van der Waals surface area contributed by atoms with E-state index in [1.54, 1.807) is 54.0 Å². The predicted octanol–water partition coefficient (Wildman–Crippen LogP) is 2.65. The maximum Gasteiger partial charge on any atom is 0.258 e. The van der Waals surface area contributed by atoms with E-state index in [-0.39, 0.29) is 24.4 Å². The summed E-state index contributed by atoms with van der Waals surface area (Å²) in [5.74, 6) is 0.816. The molecule has 1 atom stereocenters. The summed E-state index contributed by atoms with van der Waals surface area (Å²) in [6.45, 7) is 5.75. The minimum Gasteiger partial charge on any atom is -0.466 e. The topological polar surface area (TPSA) is 77.5 Å². The molecular formula is C19H19N3O3. The highest BCUT2D eigenvalue weighted by Gasteiger charge is 2.35. The molecule has 1 aromatic heterocycles. The van der Waals surface area contributed by atoms with Gasteiger partial charge >= 0.3 is 0 Å². The molecule has 0 bridgehead atoms. The Morgan fingerprint density at radius 2 is 2.04 bits per heavy atom. The quantitative estimate of drug-likeness (QED) is 0.844. The Balaban J connectivity index is 1.85. The number of carbonyl (C=O) groups excluding carboxylic acids is 2. The molecule has 0 saturated carbocycles. The smallest absolute Gasteiger partial charge is 0.258 e. The summed E-state index contributed by atoms with van der Waals surface area (Å²) in [6, 6.07) is 10.6. The van der Waals surface area contributed by atoms with Gasteiger partial charge in [0.05, 0.1) is 16.8 Å². The van der Waals surface area contributed by atoms with Gasteiger partial charge in [0.25, 0.3) is 5.91 Å². The number of carbonyl (C=O) groups is 2. The van der Waals surface area contributed by atoms with E-state index < -0.39 is 0 Å². The van der Waals surface area contributed by atoms with Gasteiger partial charge in [-0.1, -0.05) is 12.1 Å². The summed E-state index contributed by atoms with van der Waals surface area (Å²) < 4.78 is 5.43. The highest BCUT2D eigenvalue weighted by Crippen LogP contribution is 2.25. The van der Waals surface area contributed by atoms with Gasteiger partial charge in [-0.2, -0.15) is 5.26 Å². The molecule has 1 aliphatic heterocycles. The van der Waals surface area contributed by atoms with Crippen LogP contribution in [0.15, 0.2) is 34.7 Å². The van der Waals surface area contributed by atoms with Gasteiger partial charge < -0.3 is 14.2 Å². The maximum atomic E-state index is 12.8. The summed E-state index contributed by atoms with van der Waals surface area (Å²) >= 11 is 0. The van der Waals surface area contributed by atoms with E-state index in [4.69, 9.17) is 4.42 Å². The van der Waals surface area contributed by atoms with E-state index >= 15 is 0 Å². The number of amides is 2. The van der Waals surface area contributed by atoms with Crippen LogP contribution in [-0.4, -0.2) is 35.8 Å². The zero-order valence-electron chi connectivity index (χ0n) is 14.4. The fraction of sp³-hybridized carbons (Fsp3) is 0.316. The van der Waals surface area contributed by atoms with Crippen LogP contribution in [0, 0.1) is 25.2 Å². The van der Waals surface area contributed by atoms with Gasteiger partial charge in [0.1, 0.15) is 24.1 Å². The number of anilines is 1. The van der Waals surface area contributed by atoms with Gasteiger partial charge in [-0.3, -0.25) is 9.59 Å². The number of nitrogens with zero attached hydrogens (tertiary/aromatic N) is 3. The molecule has 0 N–H and O–H groups in total. The molecule has 0 spiro atoms. The fourth-order valence-corrected chi connectivity index (χ4v) is 3.16. The summed E-state index contributed by atoms with van der Waals surface area (Å²) in [4.78, 5) is 28.6. The monoisotopic (exact) mass is 337 g/mol. The van der Waals surface area contributed by atoms with Gasteiger partial charge in [0.2, 0.25) is 5.91 Å². The van der Waals surface area contributed by atoms with Crippen molar-refractivity contribution >= 4 is 17.5 Å². The lowest BCUT2D eigenvalue weighted by atomic mass is 10.1. The molecule has 1 aliphatic rings. The molecule has 25 heavy (non-hydrogen) atoms. The maximum absolute atomic E-state index is 12.8. The average Bonchev–Trinajstić information content (AvgIpc) is 2.94. The molecule has 0 unspecified atom stereocenters. The minimum atomic E-state index is -0.205. The van der Waals surface area contributed by atoms with Crippen molar-refractivity contribution in [1.82, 2.24) is 4.90 Å². The van der Waals surface area contributed by atoms with Crippen LogP contribution in [0.3, 0.4) is 0 Å². The van der Waals surface area contributed by atoms with Crippen molar-refractivity contribution < 1.29 is 14.0 Å². The largest absolute Gasteiger partial charge is 0.466 e. The van der Waals surface area contributed by atoms with Crippen molar-refractivity contribution in [3.8, 4) is 6.07 Å². The normalized spacial score (nSPS) is 17.5. The number of hydrogen-bond donors (Lipinski definition) is 0. The minimum absolute atomic E-state index is 0.0244. The number of nitriles is 1. The molecule has 6 heteroatoms. The Kier molecular flexibility index (Phi) is 4.32. The van der Waals surface area contributed by atoms with Gasteiger partial charge in [0, 0.05) is 12.6 Å². The molecule has 1 saturated heterocycles. The van der Waals surface area contributed by atoms with Crippen LogP contribution in [0.5, 0.6) is 0 Å². The van der Waals surface area contributed by atoms with E-state index in [2.05, 4.69) is 6.07 Å². The van der Waals surface area contributed by atoms with Crippen LogP contribution >= 0.6 is 0 Å². The molecular weight excluding hydrogens is 318 g/mol. The zero-order chi connectivity index (χ0) is 18.1. The highest BCUT2D eigenvalue weighted by atomic mass is 16.3. The van der Waals surface area contributed by atoms with E-state index in [9.17, 15) is 14.9 Å². The van der Waals surface area contributed by atoms with Gasteiger partial charge in [-0.25, -0.2) is 0 Å². The Morgan fingerprint density at radius 3 is 2.68 bits per heavy atom. The summed E-state index contributed by atoms with van der Waals surface area (Å²) in [5, 5.41) is 9.26. The molecule has 0 radical (unpaired) electrons. The van der Waals surface area contributed by atoms with E-state index in [0.717, 1.165) is 0 Å². The third-order valence-corrected chi connectivity index (χ3v) is 4.43. The number of hydrogen-bond acceptors (Lipinski definition) is 4. The molecule has 2 heterocycles. The SMILES string of the molecule is Cc1cc(C(=O)N2CC(=O)N(c3ccccc3C#N)C[C@H]2C)c(C)o1. The number of rotatable bonds is 2. The summed E-state index contributed by atoms with van der Waals surface area (Å²) in [5.41, 5.74) is 1.52. The Morgan fingerprint density at radius 1 is 1.32 bits per heavy atom. The first kappa shape index (κ1) is 16.8. The van der Waals surface area contributed by atoms with Crippen LogP contribution in [0.4, 0.5) is 5.69 Å². The standard InChI is InChI=1S/C19H19N3O3/c1-12-10-22(17-7-5-4-6-15(17)9-20)18(23)11-21(12)19(24)16-8-13(2)25-14(16)3/h4-8,12H,10-11H2,1-3H3/t12-/m1/s1. The first-order chi connectivity index (χ1) is 11.9. The third-order valence-electron chi connectivity index (χ3n) is 4.43. The Bertz CT molecular complexity index is 878. The summed E-state index contributed by atoms with van der Waals surface area (Å²) in [7, 11) is 0. The van der Waals surface area contributed by atoms with Crippen LogP contribution < -0.4 is 4.90 Å². The Hall–Kier alpha value is -3.07. The number of piperazine rings is 1. The van der Waals surface area contributed by atoms with E-state index in [1.165, 1.54) is 0 Å². The van der Waals surface area contributed by atoms with Gasteiger partial charge in [-0.05, 0) is 39.0 Å². The van der Waals surface area contributed by atoms with Crippen LogP contribution in [-0.2, 0) is 4.79 Å². The van der Waals surface area contributed by atoms with Crippen molar-refractivity contribution in [1.29, 1.82) is 5.26 Å². The van der Waals surface area contributed by atoms with Crippen LogP contribution in [0.2, 0.25) is 0 Å². The van der Waals surface area contributed by atoms with Gasteiger partial charge in [0.15, 0.2) is 0 Å². The molecule has 6 nitrogen and oxygen atoms in total. The number of benzene rings is 1. The molecule has 2 amide bonds. The highest BCUT2D eigenvalue weighted by molar-refractivity contribution is 6.02. The predicted molar refractivity (Wildman–Crippen MR) is 92.2 cm³/mol. The Labute approximate surface area is 146 Å². The van der Waals surface area contributed by atoms with E-state index in [1.807, 2.05) is 6.92 Å². The molecule has 0 aliphatic carbocycles. The second-order valence-corrected chi connectivity index (χ2v) is 6.24. The second-order valence-electron chi connectivity index (χ2n) is 6.24. The third kappa shape index (κ3) is 3.01. The lowest BCUT2D eigenvalue weighted by Gasteiger charge is -2.39. The van der Waals surface area contributed by atoms with Crippen molar-refractivity contribution in [2.75, 3.05) is 18.0 Å². The molecule has 2 aromatic rings. The van der Waals surface area contributed by atoms with Crippen LogP contribution in [0.1, 0.15) is 34.4 Å². The molecule has 1 fully saturated rings. The van der Waals surface area contributed by atoms with E-state index in [0.29, 0.717) is 34.9 Å². The average molecular weight is 337 g/mol. The number of para-hydroxylation sites is 1. The van der Waals surface area contributed by atoms with Crippen molar-refractivity contribution in [2.45, 2.75) is 26.8 Å². The fourth-order valence-electron chi connectivity index (χ4n) is 3.16.